The summed E-state index contributed by atoms with van der Waals surface area (Å²) in [7, 11) is 0. The van der Waals surface area contributed by atoms with Gasteiger partial charge in [-0.05, 0) is 96.3 Å². The molecule has 362 valence electrons. The van der Waals surface area contributed by atoms with E-state index in [1.807, 2.05) is 0 Å². The summed E-state index contributed by atoms with van der Waals surface area (Å²) >= 11 is 0. The average Bonchev–Trinajstić information content (AvgIpc) is 3.28. The first kappa shape index (κ1) is 59.9. The normalized spacial score (nSPS) is 12.6. The molecule has 0 bridgehead atoms. The van der Waals surface area contributed by atoms with Gasteiger partial charge in [0.1, 0.15) is 13.2 Å². The second kappa shape index (κ2) is 51.5. The van der Waals surface area contributed by atoms with Crippen molar-refractivity contribution < 1.29 is 28.6 Å². The van der Waals surface area contributed by atoms with E-state index in [1.54, 1.807) is 0 Å². The molecule has 0 aromatic heterocycles. The van der Waals surface area contributed by atoms with Crippen molar-refractivity contribution in [2.45, 2.75) is 258 Å². The van der Waals surface area contributed by atoms with Crippen LogP contribution in [0, 0.1) is 0 Å². The van der Waals surface area contributed by atoms with Gasteiger partial charge in [-0.3, -0.25) is 14.4 Å². The number of carbonyl (C=O) groups is 3. The summed E-state index contributed by atoms with van der Waals surface area (Å²) in [6, 6.07) is 0. The molecule has 63 heavy (non-hydrogen) atoms. The Morgan fingerprint density at radius 2 is 0.571 bits per heavy atom. The SMILES string of the molecule is CCCCC/C=C\C/C=C\C/C=C\CCCCCCC(=O)OC[C@@H](COC(=O)CCCCCCCCCCCCC)OC(=O)CCCCCC/C=C\C/C=C\C/C=C\CCCCC. The van der Waals surface area contributed by atoms with E-state index in [9.17, 15) is 14.4 Å². The van der Waals surface area contributed by atoms with Crippen molar-refractivity contribution in [3.05, 3.63) is 72.9 Å². The van der Waals surface area contributed by atoms with Gasteiger partial charge in [-0.1, -0.05) is 209 Å². The van der Waals surface area contributed by atoms with Crippen LogP contribution in [0.5, 0.6) is 0 Å². The molecule has 0 rings (SSSR count). The van der Waals surface area contributed by atoms with Crippen LogP contribution in [0.1, 0.15) is 252 Å². The molecule has 0 aliphatic heterocycles. The van der Waals surface area contributed by atoms with E-state index in [-0.39, 0.29) is 31.1 Å². The summed E-state index contributed by atoms with van der Waals surface area (Å²) in [6.07, 6.45) is 64.5. The molecule has 1 atom stereocenters. The zero-order valence-corrected chi connectivity index (χ0v) is 41.3. The number of hydrogen-bond donors (Lipinski definition) is 0. The van der Waals surface area contributed by atoms with E-state index >= 15 is 0 Å². The first-order valence-electron chi connectivity index (χ1n) is 26.4. The molecular weight excluding hydrogens is 781 g/mol. The quantitative estimate of drug-likeness (QED) is 0.0262. The number of rotatable bonds is 47. The van der Waals surface area contributed by atoms with E-state index in [4.69, 9.17) is 14.2 Å². The van der Waals surface area contributed by atoms with Gasteiger partial charge in [-0.25, -0.2) is 0 Å². The second-order valence-electron chi connectivity index (χ2n) is 17.4. The fraction of sp³-hybridized carbons (Fsp3) is 0.737. The van der Waals surface area contributed by atoms with Crippen LogP contribution in [0.2, 0.25) is 0 Å². The Kier molecular flexibility index (Phi) is 48.9. The minimum absolute atomic E-state index is 0.0906. The Hall–Kier alpha value is -3.15. The third-order valence-electron chi connectivity index (χ3n) is 11.2. The molecule has 0 aliphatic rings. The summed E-state index contributed by atoms with van der Waals surface area (Å²) in [5.74, 6) is -0.933. The molecule has 0 radical (unpaired) electrons. The van der Waals surface area contributed by atoms with E-state index in [2.05, 4.69) is 93.7 Å². The average molecular weight is 879 g/mol. The fourth-order valence-electron chi connectivity index (χ4n) is 7.16. The van der Waals surface area contributed by atoms with Gasteiger partial charge in [0.05, 0.1) is 0 Å². The van der Waals surface area contributed by atoms with Gasteiger partial charge in [0, 0.05) is 19.3 Å². The summed E-state index contributed by atoms with van der Waals surface area (Å²) < 4.78 is 16.8. The third kappa shape index (κ3) is 49.7. The Morgan fingerprint density at radius 1 is 0.317 bits per heavy atom. The van der Waals surface area contributed by atoms with Crippen LogP contribution in [-0.4, -0.2) is 37.2 Å². The summed E-state index contributed by atoms with van der Waals surface area (Å²) in [5.41, 5.74) is 0. The first-order chi connectivity index (χ1) is 31.0. The van der Waals surface area contributed by atoms with Crippen LogP contribution in [0.3, 0.4) is 0 Å². The largest absolute Gasteiger partial charge is 0.462 e. The molecule has 6 heteroatoms. The predicted molar refractivity (Wildman–Crippen MR) is 270 cm³/mol. The molecule has 0 aliphatic carbocycles. The molecule has 0 aromatic carbocycles. The van der Waals surface area contributed by atoms with Gasteiger partial charge in [0.25, 0.3) is 0 Å². The van der Waals surface area contributed by atoms with Crippen molar-refractivity contribution in [3.8, 4) is 0 Å². The molecule has 6 nitrogen and oxygen atoms in total. The number of allylic oxidation sites excluding steroid dienone is 12. The van der Waals surface area contributed by atoms with E-state index in [0.717, 1.165) is 109 Å². The van der Waals surface area contributed by atoms with Crippen LogP contribution in [0.15, 0.2) is 72.9 Å². The highest BCUT2D eigenvalue weighted by Gasteiger charge is 2.19. The van der Waals surface area contributed by atoms with Crippen molar-refractivity contribution >= 4 is 17.9 Å². The minimum atomic E-state index is -0.794. The van der Waals surface area contributed by atoms with Crippen LogP contribution in [0.25, 0.3) is 0 Å². The highest BCUT2D eigenvalue weighted by atomic mass is 16.6. The van der Waals surface area contributed by atoms with E-state index < -0.39 is 6.10 Å². The number of unbranched alkanes of at least 4 members (excludes halogenated alkanes) is 24. The maximum atomic E-state index is 12.8. The summed E-state index contributed by atoms with van der Waals surface area (Å²) in [4.78, 5) is 38.0. The third-order valence-corrected chi connectivity index (χ3v) is 11.2. The van der Waals surface area contributed by atoms with Crippen molar-refractivity contribution in [1.82, 2.24) is 0 Å². The van der Waals surface area contributed by atoms with Crippen LogP contribution >= 0.6 is 0 Å². The predicted octanol–water partition coefficient (Wildman–Crippen LogP) is 17.4. The molecule has 0 amide bonds. The van der Waals surface area contributed by atoms with E-state index in [0.29, 0.717) is 19.3 Å². The molecule has 0 unspecified atom stereocenters. The number of esters is 3. The summed E-state index contributed by atoms with van der Waals surface area (Å²) in [6.45, 7) is 6.54. The molecule has 0 fully saturated rings. The second-order valence-corrected chi connectivity index (χ2v) is 17.4. The Balaban J connectivity index is 4.45. The van der Waals surface area contributed by atoms with Gasteiger partial charge < -0.3 is 14.2 Å². The smallest absolute Gasteiger partial charge is 0.306 e. The van der Waals surface area contributed by atoms with Crippen LogP contribution in [-0.2, 0) is 28.6 Å². The Bertz CT molecular complexity index is 1190. The zero-order chi connectivity index (χ0) is 45.8. The van der Waals surface area contributed by atoms with Gasteiger partial charge in [-0.15, -0.1) is 0 Å². The highest BCUT2D eigenvalue weighted by molar-refractivity contribution is 5.71. The number of hydrogen-bond acceptors (Lipinski definition) is 6. The van der Waals surface area contributed by atoms with Gasteiger partial charge in [-0.2, -0.15) is 0 Å². The number of ether oxygens (including phenoxy) is 3. The molecule has 0 aromatic rings. The molecule has 0 heterocycles. The van der Waals surface area contributed by atoms with Crippen molar-refractivity contribution in [3.63, 3.8) is 0 Å². The maximum absolute atomic E-state index is 12.8. The van der Waals surface area contributed by atoms with Crippen molar-refractivity contribution in [1.29, 1.82) is 0 Å². The van der Waals surface area contributed by atoms with E-state index in [1.165, 1.54) is 103 Å². The van der Waals surface area contributed by atoms with Gasteiger partial charge >= 0.3 is 17.9 Å². The molecule has 0 saturated heterocycles. The van der Waals surface area contributed by atoms with Gasteiger partial charge in [0.15, 0.2) is 6.10 Å². The Morgan fingerprint density at radius 3 is 0.921 bits per heavy atom. The zero-order valence-electron chi connectivity index (χ0n) is 41.3. The lowest BCUT2D eigenvalue weighted by Crippen LogP contribution is -2.30. The molecule has 0 N–H and O–H groups in total. The van der Waals surface area contributed by atoms with Gasteiger partial charge in [0.2, 0.25) is 0 Å². The van der Waals surface area contributed by atoms with Crippen molar-refractivity contribution in [2.75, 3.05) is 13.2 Å². The highest BCUT2D eigenvalue weighted by Crippen LogP contribution is 2.14. The monoisotopic (exact) mass is 879 g/mol. The van der Waals surface area contributed by atoms with Crippen molar-refractivity contribution in [2.24, 2.45) is 0 Å². The van der Waals surface area contributed by atoms with Crippen LogP contribution in [0.4, 0.5) is 0 Å². The maximum Gasteiger partial charge on any atom is 0.306 e. The molecule has 0 spiro atoms. The van der Waals surface area contributed by atoms with Crippen LogP contribution < -0.4 is 0 Å². The fourth-order valence-corrected chi connectivity index (χ4v) is 7.16. The topological polar surface area (TPSA) is 78.9 Å². The lowest BCUT2D eigenvalue weighted by molar-refractivity contribution is -0.167. The number of carbonyl (C=O) groups excluding carboxylic acids is 3. The lowest BCUT2D eigenvalue weighted by atomic mass is 10.1. The molecule has 0 saturated carbocycles. The summed E-state index contributed by atoms with van der Waals surface area (Å²) in [5, 5.41) is 0. The Labute approximate surface area is 389 Å². The standard InChI is InChI=1S/C57H98O6/c1-4-7-10-13-16-19-22-24-26-28-30-32-35-38-41-44-47-50-56(59)62-53-54(52-61-55(58)49-46-43-40-37-34-21-18-15-12-9-6-3)63-57(60)51-48-45-42-39-36-33-31-29-27-25-23-20-17-14-11-8-5-2/h16-17,19-20,24-27,30-33,54H,4-15,18,21-23,28-29,34-53H2,1-3H3/b19-16-,20-17-,26-24-,27-25-,32-30-,33-31-/t54-/m1/s1. The minimum Gasteiger partial charge on any atom is -0.462 e. The lowest BCUT2D eigenvalue weighted by Gasteiger charge is -2.18. The first-order valence-corrected chi connectivity index (χ1v) is 26.4. The molecular formula is C57H98O6.